The second kappa shape index (κ2) is 7.45. The fourth-order valence-corrected chi connectivity index (χ4v) is 3.46. The van der Waals surface area contributed by atoms with Gasteiger partial charge in [-0.15, -0.1) is 14.8 Å². The van der Waals surface area contributed by atoms with Crippen LogP contribution in [0.15, 0.2) is 30.3 Å². The Balaban J connectivity index is 1.36. The molecular formula is C18H19F2N7O. The number of rotatable bonds is 4. The largest absolute Gasteiger partial charge is 0.355 e. The van der Waals surface area contributed by atoms with E-state index in [-0.39, 0.29) is 18.4 Å². The summed E-state index contributed by atoms with van der Waals surface area (Å²) < 4.78 is 28.2. The molecule has 0 N–H and O–H groups in total. The third-order valence-electron chi connectivity index (χ3n) is 5.02. The first-order valence-corrected chi connectivity index (χ1v) is 9.00. The molecular weight excluding hydrogens is 368 g/mol. The Morgan fingerprint density at radius 2 is 2.00 bits per heavy atom. The number of benzene rings is 1. The summed E-state index contributed by atoms with van der Waals surface area (Å²) in [6, 6.07) is 7.06. The molecule has 1 saturated heterocycles. The van der Waals surface area contributed by atoms with Crippen LogP contribution in [0, 0.1) is 17.6 Å². The van der Waals surface area contributed by atoms with E-state index in [2.05, 4.69) is 25.5 Å². The number of fused-ring (bicyclic) bond motifs is 1. The normalized spacial score (nSPS) is 15.2. The average Bonchev–Trinajstić information content (AvgIpc) is 3.17. The third kappa shape index (κ3) is 3.62. The topological polar surface area (TPSA) is 79.5 Å². The molecule has 10 heteroatoms. The number of hydrogen-bond donors (Lipinski definition) is 0. The van der Waals surface area contributed by atoms with Gasteiger partial charge in [0.05, 0.1) is 0 Å². The summed E-state index contributed by atoms with van der Waals surface area (Å²) in [6.45, 7) is 1.47. The van der Waals surface area contributed by atoms with Crippen LogP contribution in [0.25, 0.3) is 5.65 Å². The maximum Gasteiger partial charge on any atom is 0.225 e. The highest BCUT2D eigenvalue weighted by Gasteiger charge is 2.28. The van der Waals surface area contributed by atoms with E-state index < -0.39 is 11.6 Å². The molecule has 2 aromatic heterocycles. The number of halogens is 2. The van der Waals surface area contributed by atoms with E-state index in [4.69, 9.17) is 0 Å². The Hall–Kier alpha value is -3.17. The Morgan fingerprint density at radius 1 is 1.21 bits per heavy atom. The van der Waals surface area contributed by atoms with Crippen molar-refractivity contribution in [2.75, 3.05) is 25.0 Å². The number of aromatic nitrogens is 5. The van der Waals surface area contributed by atoms with Crippen LogP contribution in [0.4, 0.5) is 14.6 Å². The van der Waals surface area contributed by atoms with Crippen molar-refractivity contribution in [3.8, 4) is 0 Å². The number of carbonyl (C=O) groups is 1. The molecule has 1 aromatic carbocycles. The Bertz CT molecular complexity index is 1000. The van der Waals surface area contributed by atoms with E-state index in [1.807, 2.05) is 6.07 Å². The minimum atomic E-state index is -0.640. The molecule has 146 valence electrons. The molecule has 0 bridgehead atoms. The highest BCUT2D eigenvalue weighted by molar-refractivity contribution is 5.79. The van der Waals surface area contributed by atoms with Gasteiger partial charge >= 0.3 is 0 Å². The molecule has 0 saturated carbocycles. The van der Waals surface area contributed by atoms with Gasteiger partial charge in [0.2, 0.25) is 5.91 Å². The summed E-state index contributed by atoms with van der Waals surface area (Å²) in [5.41, 5.74) is 0.872. The lowest BCUT2D eigenvalue weighted by Crippen LogP contribution is -2.41. The van der Waals surface area contributed by atoms with Crippen LogP contribution >= 0.6 is 0 Å². The lowest BCUT2D eigenvalue weighted by molar-refractivity contribution is -0.135. The molecule has 0 unspecified atom stereocenters. The molecule has 1 aliphatic rings. The summed E-state index contributed by atoms with van der Waals surface area (Å²) in [4.78, 5) is 16.3. The summed E-state index contributed by atoms with van der Waals surface area (Å²) >= 11 is 0. The zero-order valence-electron chi connectivity index (χ0n) is 15.3. The van der Waals surface area contributed by atoms with Gasteiger partial charge in [-0.1, -0.05) is 6.07 Å². The Morgan fingerprint density at radius 3 is 2.75 bits per heavy atom. The van der Waals surface area contributed by atoms with Crippen LogP contribution in [-0.2, 0) is 11.3 Å². The minimum absolute atomic E-state index is 0.0349. The van der Waals surface area contributed by atoms with Crippen LogP contribution in [0.5, 0.6) is 0 Å². The zero-order chi connectivity index (χ0) is 19.7. The lowest BCUT2D eigenvalue weighted by Gasteiger charge is -2.33. The second-order valence-electron chi connectivity index (χ2n) is 6.91. The standard InChI is InChI=1S/C18H19F2N7O/c1-25(11-13-2-3-14(19)10-15(13)20)18(28)12-6-8-26(9-7-12)17-5-4-16-21-23-24-27(16)22-17/h2-5,10,12H,6-9,11H2,1H3. The van der Waals surface area contributed by atoms with Crippen molar-refractivity contribution in [1.29, 1.82) is 0 Å². The first-order chi connectivity index (χ1) is 13.5. The number of nitrogens with zero attached hydrogens (tertiary/aromatic N) is 7. The van der Waals surface area contributed by atoms with Gasteiger partial charge in [-0.25, -0.2) is 8.78 Å². The van der Waals surface area contributed by atoms with Crippen molar-refractivity contribution in [2.24, 2.45) is 5.92 Å². The van der Waals surface area contributed by atoms with Crippen molar-refractivity contribution < 1.29 is 13.6 Å². The maximum atomic E-state index is 13.8. The molecule has 3 aromatic rings. The fourth-order valence-electron chi connectivity index (χ4n) is 3.46. The molecule has 3 heterocycles. The molecule has 1 amide bonds. The van der Waals surface area contributed by atoms with Gasteiger partial charge in [-0.05, 0) is 41.5 Å². The lowest BCUT2D eigenvalue weighted by atomic mass is 9.95. The number of piperidine rings is 1. The number of carbonyl (C=O) groups excluding carboxylic acids is 1. The van der Waals surface area contributed by atoms with Crippen molar-refractivity contribution in [3.63, 3.8) is 0 Å². The molecule has 0 aliphatic carbocycles. The summed E-state index contributed by atoms with van der Waals surface area (Å²) in [5, 5.41) is 15.6. The van der Waals surface area contributed by atoms with Crippen LogP contribution in [0.3, 0.4) is 0 Å². The molecule has 0 spiro atoms. The van der Waals surface area contributed by atoms with Gasteiger partial charge in [0, 0.05) is 44.2 Å². The van der Waals surface area contributed by atoms with Gasteiger partial charge in [0.25, 0.3) is 0 Å². The Labute approximate surface area is 159 Å². The van der Waals surface area contributed by atoms with Crippen LogP contribution in [0.2, 0.25) is 0 Å². The van der Waals surface area contributed by atoms with E-state index in [9.17, 15) is 13.6 Å². The van der Waals surface area contributed by atoms with Gasteiger partial charge in [-0.2, -0.15) is 0 Å². The quantitative estimate of drug-likeness (QED) is 0.678. The molecule has 1 fully saturated rings. The van der Waals surface area contributed by atoms with Crippen molar-refractivity contribution in [3.05, 3.63) is 47.5 Å². The number of hydrogen-bond acceptors (Lipinski definition) is 6. The Kier molecular flexibility index (Phi) is 4.84. The first kappa shape index (κ1) is 18.2. The van der Waals surface area contributed by atoms with Gasteiger partial charge < -0.3 is 9.80 Å². The summed E-state index contributed by atoms with van der Waals surface area (Å²) in [6.07, 6.45) is 1.34. The second-order valence-corrected chi connectivity index (χ2v) is 6.91. The predicted octanol–water partition coefficient (Wildman–Crippen LogP) is 1.67. The van der Waals surface area contributed by atoms with Crippen molar-refractivity contribution in [2.45, 2.75) is 19.4 Å². The number of tetrazole rings is 1. The monoisotopic (exact) mass is 387 g/mol. The molecule has 8 nitrogen and oxygen atoms in total. The maximum absolute atomic E-state index is 13.8. The molecule has 0 atom stereocenters. The number of anilines is 1. The predicted molar refractivity (Wildman–Crippen MR) is 96.3 cm³/mol. The number of amides is 1. The van der Waals surface area contributed by atoms with Crippen LogP contribution in [0.1, 0.15) is 18.4 Å². The van der Waals surface area contributed by atoms with Crippen LogP contribution < -0.4 is 4.90 Å². The van der Waals surface area contributed by atoms with E-state index in [0.717, 1.165) is 11.9 Å². The average molecular weight is 387 g/mol. The van der Waals surface area contributed by atoms with Gasteiger partial charge in [0.15, 0.2) is 11.5 Å². The first-order valence-electron chi connectivity index (χ1n) is 9.00. The minimum Gasteiger partial charge on any atom is -0.355 e. The third-order valence-corrected chi connectivity index (χ3v) is 5.02. The molecule has 28 heavy (non-hydrogen) atoms. The summed E-state index contributed by atoms with van der Waals surface area (Å²) in [7, 11) is 1.64. The summed E-state index contributed by atoms with van der Waals surface area (Å²) in [5.74, 6) is -0.684. The smallest absolute Gasteiger partial charge is 0.225 e. The highest BCUT2D eigenvalue weighted by Crippen LogP contribution is 2.24. The zero-order valence-corrected chi connectivity index (χ0v) is 15.3. The van der Waals surface area contributed by atoms with E-state index in [0.29, 0.717) is 37.1 Å². The molecule has 1 aliphatic heterocycles. The van der Waals surface area contributed by atoms with Crippen molar-refractivity contribution >= 4 is 17.4 Å². The van der Waals surface area contributed by atoms with Gasteiger partial charge in [0.1, 0.15) is 11.6 Å². The van der Waals surface area contributed by atoms with Crippen LogP contribution in [-0.4, -0.2) is 56.2 Å². The van der Waals surface area contributed by atoms with E-state index >= 15 is 0 Å². The van der Waals surface area contributed by atoms with E-state index in [1.54, 1.807) is 13.1 Å². The molecule has 4 rings (SSSR count). The fraction of sp³-hybridized carbons (Fsp3) is 0.389. The molecule has 0 radical (unpaired) electrons. The van der Waals surface area contributed by atoms with Crippen molar-refractivity contribution in [1.82, 2.24) is 30.2 Å². The van der Waals surface area contributed by atoms with Gasteiger partial charge in [-0.3, -0.25) is 4.79 Å². The SMILES string of the molecule is CN(Cc1ccc(F)cc1F)C(=O)C1CCN(c2ccc3nnnn3n2)CC1. The highest BCUT2D eigenvalue weighted by atomic mass is 19.1. The van der Waals surface area contributed by atoms with E-state index in [1.165, 1.54) is 21.7 Å².